The Balaban J connectivity index is 2.71. The van der Waals surface area contributed by atoms with Crippen LogP contribution in [-0.2, 0) is 23.8 Å². The molecule has 1 aliphatic heterocycles. The molecule has 138 valence electrons. The fourth-order valence-corrected chi connectivity index (χ4v) is 2.46. The highest BCUT2D eigenvalue weighted by Crippen LogP contribution is 2.26. The average molecular weight is 365 g/mol. The van der Waals surface area contributed by atoms with Crippen molar-refractivity contribution < 1.29 is 43.7 Å². The zero-order valence-corrected chi connectivity index (χ0v) is 14.0. The molecule has 11 heteroatoms. The van der Waals surface area contributed by atoms with E-state index >= 15 is 0 Å². The second-order valence-corrected chi connectivity index (χ2v) is 5.17. The molecule has 0 atom stereocenters. The first kappa shape index (κ1) is 19.4. The summed E-state index contributed by atoms with van der Waals surface area (Å²) >= 11 is 0. The third kappa shape index (κ3) is 3.69. The number of anilines is 1. The minimum atomic E-state index is -1.96. The van der Waals surface area contributed by atoms with Crippen LogP contribution in [0.15, 0.2) is 29.5 Å². The lowest BCUT2D eigenvalue weighted by Crippen LogP contribution is -2.43. The summed E-state index contributed by atoms with van der Waals surface area (Å²) in [5.41, 5.74) is -0.689. The quantitative estimate of drug-likeness (QED) is 0.415. The SMILES string of the molecule is COC(=O)C1=C(C(=O)OC)N(c2cc(C(=O)O)ccc2B(O)O)COC1. The van der Waals surface area contributed by atoms with Crippen LogP contribution in [0.25, 0.3) is 0 Å². The smallest absolute Gasteiger partial charge is 0.478 e. The minimum Gasteiger partial charge on any atom is -0.478 e. The van der Waals surface area contributed by atoms with Gasteiger partial charge in [-0.2, -0.15) is 0 Å². The third-order valence-corrected chi connectivity index (χ3v) is 3.68. The zero-order chi connectivity index (χ0) is 19.4. The molecule has 10 nitrogen and oxygen atoms in total. The highest BCUT2D eigenvalue weighted by Gasteiger charge is 2.34. The van der Waals surface area contributed by atoms with E-state index in [0.29, 0.717) is 0 Å². The van der Waals surface area contributed by atoms with Crippen LogP contribution in [-0.4, -0.2) is 67.7 Å². The van der Waals surface area contributed by atoms with E-state index in [4.69, 9.17) is 9.47 Å². The van der Waals surface area contributed by atoms with Crippen LogP contribution >= 0.6 is 0 Å². The van der Waals surface area contributed by atoms with Crippen molar-refractivity contribution in [3.05, 3.63) is 35.0 Å². The van der Waals surface area contributed by atoms with Gasteiger partial charge >= 0.3 is 25.0 Å². The predicted octanol–water partition coefficient (Wildman–Crippen LogP) is -1.54. The Morgan fingerprint density at radius 3 is 2.35 bits per heavy atom. The normalized spacial score (nSPS) is 14.1. The minimum absolute atomic E-state index is 0.0404. The van der Waals surface area contributed by atoms with Crippen LogP contribution in [0.4, 0.5) is 5.69 Å². The van der Waals surface area contributed by atoms with Crippen molar-refractivity contribution in [3.63, 3.8) is 0 Å². The van der Waals surface area contributed by atoms with Crippen LogP contribution in [0.3, 0.4) is 0 Å². The van der Waals surface area contributed by atoms with Crippen molar-refractivity contribution in [2.75, 3.05) is 32.5 Å². The van der Waals surface area contributed by atoms with Gasteiger partial charge in [-0.05, 0) is 12.1 Å². The molecule has 0 fully saturated rings. The Kier molecular flexibility index (Phi) is 5.98. The number of carboxylic acids is 1. The molecular formula is C15H16BNO9. The van der Waals surface area contributed by atoms with Crippen molar-refractivity contribution in [1.29, 1.82) is 0 Å². The van der Waals surface area contributed by atoms with Gasteiger partial charge < -0.3 is 34.3 Å². The molecule has 1 aliphatic rings. The summed E-state index contributed by atoms with van der Waals surface area (Å²) in [5.74, 6) is -3.00. The van der Waals surface area contributed by atoms with Gasteiger partial charge in [-0.15, -0.1) is 0 Å². The number of methoxy groups -OCH3 is 2. The number of carboxylic acid groups (broad SMARTS) is 1. The maximum atomic E-state index is 12.3. The van der Waals surface area contributed by atoms with Gasteiger partial charge in [0.25, 0.3) is 0 Å². The second-order valence-electron chi connectivity index (χ2n) is 5.17. The summed E-state index contributed by atoms with van der Waals surface area (Å²) in [6.45, 7) is -0.489. The molecule has 1 aromatic rings. The topological polar surface area (TPSA) is 143 Å². The molecule has 0 bridgehead atoms. The van der Waals surface area contributed by atoms with Gasteiger partial charge in [0.05, 0.1) is 32.0 Å². The second kappa shape index (κ2) is 8.00. The number of nitrogens with zero attached hydrogens (tertiary/aromatic N) is 1. The molecule has 0 radical (unpaired) electrons. The Hall–Kier alpha value is -2.89. The van der Waals surface area contributed by atoms with Gasteiger partial charge in [0.15, 0.2) is 0 Å². The molecule has 2 rings (SSSR count). The first-order chi connectivity index (χ1) is 12.3. The van der Waals surface area contributed by atoms with Gasteiger partial charge in [-0.3, -0.25) is 0 Å². The molecule has 1 heterocycles. The van der Waals surface area contributed by atoms with E-state index in [1.165, 1.54) is 12.1 Å². The number of hydrogen-bond donors (Lipinski definition) is 3. The molecule has 0 amide bonds. The van der Waals surface area contributed by atoms with Crippen molar-refractivity contribution >= 4 is 36.2 Å². The van der Waals surface area contributed by atoms with E-state index in [2.05, 4.69) is 4.74 Å². The average Bonchev–Trinajstić information content (AvgIpc) is 2.65. The first-order valence-electron chi connectivity index (χ1n) is 7.30. The highest BCUT2D eigenvalue weighted by molar-refractivity contribution is 6.60. The summed E-state index contributed by atoms with van der Waals surface area (Å²) in [6.07, 6.45) is 0. The molecule has 0 spiro atoms. The lowest BCUT2D eigenvalue weighted by Gasteiger charge is -2.32. The van der Waals surface area contributed by atoms with E-state index in [9.17, 15) is 29.5 Å². The van der Waals surface area contributed by atoms with Crippen LogP contribution < -0.4 is 10.4 Å². The molecule has 0 unspecified atom stereocenters. The Morgan fingerprint density at radius 2 is 1.81 bits per heavy atom. The van der Waals surface area contributed by atoms with E-state index in [-0.39, 0.29) is 41.3 Å². The summed E-state index contributed by atoms with van der Waals surface area (Å²) in [7, 11) is 0.264. The van der Waals surface area contributed by atoms with Crippen LogP contribution in [0, 0.1) is 0 Å². The molecule has 1 aromatic carbocycles. The summed E-state index contributed by atoms with van der Waals surface area (Å²) in [5, 5.41) is 28.4. The Bertz CT molecular complexity index is 774. The van der Waals surface area contributed by atoms with Crippen LogP contribution in [0.5, 0.6) is 0 Å². The van der Waals surface area contributed by atoms with Crippen LogP contribution in [0.2, 0.25) is 0 Å². The van der Waals surface area contributed by atoms with Crippen molar-refractivity contribution in [1.82, 2.24) is 0 Å². The number of rotatable bonds is 5. The number of ether oxygens (including phenoxy) is 3. The molecule has 3 N–H and O–H groups in total. The van der Waals surface area contributed by atoms with Gasteiger partial charge in [0.1, 0.15) is 12.4 Å². The van der Waals surface area contributed by atoms with Gasteiger partial charge in [0.2, 0.25) is 0 Å². The number of hydrogen-bond acceptors (Lipinski definition) is 9. The zero-order valence-electron chi connectivity index (χ0n) is 14.0. The standard InChI is InChI=1S/C15H16BNO9/c1-24-14(20)9-6-26-7-17(12(9)15(21)25-2)11-5-8(13(18)19)3-4-10(11)16(22)23/h3-5,22-23H,6-7H2,1-2H3,(H,18,19). The highest BCUT2D eigenvalue weighted by atomic mass is 16.5. The molecule has 0 aliphatic carbocycles. The Labute approximate surface area is 148 Å². The number of esters is 2. The number of benzene rings is 1. The fourth-order valence-electron chi connectivity index (χ4n) is 2.46. The van der Waals surface area contributed by atoms with E-state index < -0.39 is 25.0 Å². The number of carbonyl (C=O) groups is 3. The number of aromatic carboxylic acids is 1. The monoisotopic (exact) mass is 365 g/mol. The number of carbonyl (C=O) groups excluding carboxylic acids is 2. The fraction of sp³-hybridized carbons (Fsp3) is 0.267. The maximum absolute atomic E-state index is 12.3. The molecule has 0 saturated heterocycles. The largest absolute Gasteiger partial charge is 0.490 e. The summed E-state index contributed by atoms with van der Waals surface area (Å²) in [4.78, 5) is 36.6. The lowest BCUT2D eigenvalue weighted by atomic mass is 9.78. The van der Waals surface area contributed by atoms with Crippen molar-refractivity contribution in [3.8, 4) is 0 Å². The van der Waals surface area contributed by atoms with E-state index in [0.717, 1.165) is 25.2 Å². The predicted molar refractivity (Wildman–Crippen MR) is 87.6 cm³/mol. The molecule has 0 saturated carbocycles. The molecule has 26 heavy (non-hydrogen) atoms. The van der Waals surface area contributed by atoms with E-state index in [1.807, 2.05) is 0 Å². The van der Waals surface area contributed by atoms with Gasteiger partial charge in [-0.1, -0.05) is 6.07 Å². The van der Waals surface area contributed by atoms with Crippen molar-refractivity contribution in [2.24, 2.45) is 0 Å². The first-order valence-corrected chi connectivity index (χ1v) is 7.30. The third-order valence-electron chi connectivity index (χ3n) is 3.68. The van der Waals surface area contributed by atoms with Crippen molar-refractivity contribution in [2.45, 2.75) is 0 Å². The summed E-state index contributed by atoms with van der Waals surface area (Å²) in [6, 6.07) is 3.49. The maximum Gasteiger partial charge on any atom is 0.490 e. The Morgan fingerprint density at radius 1 is 1.15 bits per heavy atom. The van der Waals surface area contributed by atoms with E-state index in [1.54, 1.807) is 0 Å². The molecule has 0 aromatic heterocycles. The molecular weight excluding hydrogens is 349 g/mol. The van der Waals surface area contributed by atoms with Crippen LogP contribution in [0.1, 0.15) is 10.4 Å². The lowest BCUT2D eigenvalue weighted by molar-refractivity contribution is -0.140. The van der Waals surface area contributed by atoms with Gasteiger partial charge in [-0.25, -0.2) is 14.4 Å². The van der Waals surface area contributed by atoms with Gasteiger partial charge in [0, 0.05) is 11.2 Å². The summed E-state index contributed by atoms with van der Waals surface area (Å²) < 4.78 is 14.6.